The van der Waals surface area contributed by atoms with Gasteiger partial charge in [-0.25, -0.2) is 4.39 Å². The van der Waals surface area contributed by atoms with Crippen LogP contribution in [0.2, 0.25) is 0 Å². The molecular formula is C14H16BrClFNO. The Morgan fingerprint density at radius 1 is 1.42 bits per heavy atom. The summed E-state index contributed by atoms with van der Waals surface area (Å²) >= 11 is 9.40. The van der Waals surface area contributed by atoms with Gasteiger partial charge in [0.1, 0.15) is 5.82 Å². The van der Waals surface area contributed by atoms with Gasteiger partial charge < -0.3 is 5.32 Å². The Balaban J connectivity index is 1.93. The minimum atomic E-state index is -0.516. The number of carbonyl (C=O) groups excluding carboxylic acids is 1. The van der Waals surface area contributed by atoms with Crippen molar-refractivity contribution in [3.8, 4) is 0 Å². The monoisotopic (exact) mass is 347 g/mol. The second kappa shape index (κ2) is 6.71. The Hall–Kier alpha value is -0.610. The van der Waals surface area contributed by atoms with E-state index in [0.717, 1.165) is 25.7 Å². The van der Waals surface area contributed by atoms with E-state index >= 15 is 0 Å². The van der Waals surface area contributed by atoms with E-state index in [9.17, 15) is 9.18 Å². The molecule has 0 heterocycles. The zero-order valence-electron chi connectivity index (χ0n) is 10.5. The number of carbonyl (C=O) groups is 1. The summed E-state index contributed by atoms with van der Waals surface area (Å²) in [5, 5.41) is 2.90. The van der Waals surface area contributed by atoms with E-state index in [-0.39, 0.29) is 22.8 Å². The topological polar surface area (TPSA) is 29.1 Å². The summed E-state index contributed by atoms with van der Waals surface area (Å²) < 4.78 is 14.2. The fourth-order valence-electron chi connectivity index (χ4n) is 2.38. The molecule has 1 aromatic carbocycles. The summed E-state index contributed by atoms with van der Waals surface area (Å²) in [5.74, 6) is -0.602. The molecule has 19 heavy (non-hydrogen) atoms. The molecule has 1 fully saturated rings. The third-order valence-electron chi connectivity index (χ3n) is 3.52. The van der Waals surface area contributed by atoms with Crippen LogP contribution in [0.5, 0.6) is 0 Å². The van der Waals surface area contributed by atoms with Crippen molar-refractivity contribution < 1.29 is 9.18 Å². The molecule has 2 atom stereocenters. The van der Waals surface area contributed by atoms with Crippen LogP contribution in [-0.2, 0) is 0 Å². The number of hydrogen-bond acceptors (Lipinski definition) is 1. The molecule has 0 aliphatic heterocycles. The summed E-state index contributed by atoms with van der Waals surface area (Å²) in [6.07, 6.45) is 4.32. The van der Waals surface area contributed by atoms with Crippen LogP contribution in [0.1, 0.15) is 36.0 Å². The first-order chi connectivity index (χ1) is 9.08. The van der Waals surface area contributed by atoms with Crippen molar-refractivity contribution in [3.63, 3.8) is 0 Å². The largest absolute Gasteiger partial charge is 0.352 e. The predicted octanol–water partition coefficient (Wildman–Crippen LogP) is 4.12. The van der Waals surface area contributed by atoms with Gasteiger partial charge in [0, 0.05) is 16.4 Å². The first-order valence-electron chi connectivity index (χ1n) is 6.45. The molecule has 0 spiro atoms. The molecule has 0 aromatic heterocycles. The van der Waals surface area contributed by atoms with Crippen LogP contribution in [0, 0.1) is 11.7 Å². The fraction of sp³-hybridized carbons (Fsp3) is 0.500. The SMILES string of the molecule is O=C(NCC1CCCCC1Cl)c1ccc(Br)cc1F. The highest BCUT2D eigenvalue weighted by molar-refractivity contribution is 9.10. The summed E-state index contributed by atoms with van der Waals surface area (Å²) in [6.45, 7) is 0.516. The average molecular weight is 349 g/mol. The molecule has 1 aromatic rings. The molecule has 0 radical (unpaired) electrons. The van der Waals surface area contributed by atoms with Gasteiger partial charge in [-0.3, -0.25) is 4.79 Å². The lowest BCUT2D eigenvalue weighted by atomic mass is 9.88. The zero-order valence-corrected chi connectivity index (χ0v) is 12.8. The maximum atomic E-state index is 13.6. The zero-order chi connectivity index (χ0) is 13.8. The minimum absolute atomic E-state index is 0.0742. The standard InChI is InChI=1S/C14H16BrClFNO/c15-10-5-6-11(13(17)7-10)14(19)18-8-9-3-1-2-4-12(9)16/h5-7,9,12H,1-4,8H2,(H,18,19). The van der Waals surface area contributed by atoms with E-state index in [4.69, 9.17) is 11.6 Å². The number of rotatable bonds is 3. The molecule has 1 saturated carbocycles. The molecular weight excluding hydrogens is 333 g/mol. The van der Waals surface area contributed by atoms with Crippen molar-refractivity contribution in [2.45, 2.75) is 31.1 Å². The van der Waals surface area contributed by atoms with Crippen LogP contribution in [-0.4, -0.2) is 17.8 Å². The highest BCUT2D eigenvalue weighted by Crippen LogP contribution is 2.28. The van der Waals surface area contributed by atoms with E-state index in [2.05, 4.69) is 21.2 Å². The molecule has 1 amide bonds. The molecule has 2 unspecified atom stereocenters. The third-order valence-corrected chi connectivity index (χ3v) is 4.58. The van der Waals surface area contributed by atoms with Crippen LogP contribution in [0.15, 0.2) is 22.7 Å². The maximum Gasteiger partial charge on any atom is 0.254 e. The molecule has 1 aliphatic carbocycles. The van der Waals surface area contributed by atoms with Crippen LogP contribution in [0.3, 0.4) is 0 Å². The van der Waals surface area contributed by atoms with Crippen molar-refractivity contribution in [1.82, 2.24) is 5.32 Å². The van der Waals surface area contributed by atoms with Gasteiger partial charge in [-0.05, 0) is 37.0 Å². The lowest BCUT2D eigenvalue weighted by Gasteiger charge is -2.27. The molecule has 2 rings (SSSR count). The van der Waals surface area contributed by atoms with Gasteiger partial charge in [-0.15, -0.1) is 11.6 Å². The second-order valence-corrected chi connectivity index (χ2v) is 6.37. The van der Waals surface area contributed by atoms with Gasteiger partial charge in [0.15, 0.2) is 0 Å². The summed E-state index contributed by atoms with van der Waals surface area (Å²) in [7, 11) is 0. The Morgan fingerprint density at radius 2 is 2.16 bits per heavy atom. The number of nitrogens with one attached hydrogen (secondary N) is 1. The third kappa shape index (κ3) is 3.93. The van der Waals surface area contributed by atoms with Crippen LogP contribution < -0.4 is 5.32 Å². The Labute approximate surface area is 125 Å². The van der Waals surface area contributed by atoms with Crippen molar-refractivity contribution in [2.75, 3.05) is 6.54 Å². The smallest absolute Gasteiger partial charge is 0.254 e. The molecule has 104 valence electrons. The van der Waals surface area contributed by atoms with Gasteiger partial charge in [-0.1, -0.05) is 28.8 Å². The van der Waals surface area contributed by atoms with Gasteiger partial charge in [0.2, 0.25) is 0 Å². The normalized spacial score (nSPS) is 23.1. The number of amides is 1. The van der Waals surface area contributed by atoms with E-state index in [1.807, 2.05) is 0 Å². The van der Waals surface area contributed by atoms with Crippen molar-refractivity contribution in [1.29, 1.82) is 0 Å². The first kappa shape index (κ1) is 14.8. The molecule has 1 aliphatic rings. The molecule has 0 saturated heterocycles. The van der Waals surface area contributed by atoms with E-state index in [1.54, 1.807) is 6.07 Å². The molecule has 5 heteroatoms. The second-order valence-electron chi connectivity index (χ2n) is 4.89. The average Bonchev–Trinajstić information content (AvgIpc) is 2.37. The molecule has 1 N–H and O–H groups in total. The number of alkyl halides is 1. The lowest BCUT2D eigenvalue weighted by Crippen LogP contribution is -2.35. The summed E-state index contributed by atoms with van der Waals surface area (Å²) in [6, 6.07) is 4.43. The number of halogens is 3. The van der Waals surface area contributed by atoms with Crippen LogP contribution >= 0.6 is 27.5 Å². The highest BCUT2D eigenvalue weighted by Gasteiger charge is 2.24. The van der Waals surface area contributed by atoms with Gasteiger partial charge in [0.25, 0.3) is 5.91 Å². The minimum Gasteiger partial charge on any atom is -0.352 e. The molecule has 0 bridgehead atoms. The van der Waals surface area contributed by atoms with Gasteiger partial charge in [-0.2, -0.15) is 0 Å². The van der Waals surface area contributed by atoms with E-state index in [1.165, 1.54) is 12.1 Å². The van der Waals surface area contributed by atoms with Crippen LogP contribution in [0.4, 0.5) is 4.39 Å². The van der Waals surface area contributed by atoms with Gasteiger partial charge >= 0.3 is 0 Å². The Bertz CT molecular complexity index is 469. The van der Waals surface area contributed by atoms with E-state index in [0.29, 0.717) is 11.0 Å². The predicted molar refractivity (Wildman–Crippen MR) is 78.0 cm³/mol. The highest BCUT2D eigenvalue weighted by atomic mass is 79.9. The maximum absolute atomic E-state index is 13.6. The summed E-state index contributed by atoms with van der Waals surface area (Å²) in [4.78, 5) is 11.9. The first-order valence-corrected chi connectivity index (χ1v) is 7.68. The van der Waals surface area contributed by atoms with Crippen molar-refractivity contribution in [2.24, 2.45) is 5.92 Å². The Kier molecular flexibility index (Phi) is 5.22. The number of benzene rings is 1. The quantitative estimate of drug-likeness (QED) is 0.818. The van der Waals surface area contributed by atoms with Gasteiger partial charge in [0.05, 0.1) is 5.56 Å². The van der Waals surface area contributed by atoms with E-state index < -0.39 is 5.82 Å². The lowest BCUT2D eigenvalue weighted by molar-refractivity contribution is 0.0940. The Morgan fingerprint density at radius 3 is 2.84 bits per heavy atom. The number of hydrogen-bond donors (Lipinski definition) is 1. The van der Waals surface area contributed by atoms with Crippen LogP contribution in [0.25, 0.3) is 0 Å². The fourth-order valence-corrected chi connectivity index (χ4v) is 3.09. The summed E-state index contributed by atoms with van der Waals surface area (Å²) in [5.41, 5.74) is 0.0742. The molecule has 2 nitrogen and oxygen atoms in total. The van der Waals surface area contributed by atoms with Crippen molar-refractivity contribution >= 4 is 33.4 Å². The van der Waals surface area contributed by atoms with Crippen molar-refractivity contribution in [3.05, 3.63) is 34.1 Å².